The van der Waals surface area contributed by atoms with Crippen LogP contribution in [-0.2, 0) is 6.54 Å². The minimum atomic E-state index is -0.0440. The number of nitrogens with one attached hydrogen (secondary N) is 1. The third kappa shape index (κ3) is 5.51. The van der Waals surface area contributed by atoms with Crippen molar-refractivity contribution < 1.29 is 0 Å². The van der Waals surface area contributed by atoms with E-state index in [4.69, 9.17) is 51.1 Å². The topological polar surface area (TPSA) is 161 Å². The highest BCUT2D eigenvalue weighted by Gasteiger charge is 2.28. The molecule has 0 radical (unpaired) electrons. The van der Waals surface area contributed by atoms with Crippen LogP contribution in [0, 0.1) is 0 Å². The van der Waals surface area contributed by atoms with Crippen molar-refractivity contribution in [3.8, 4) is 0 Å². The average Bonchev–Trinajstić information content (AvgIpc) is 2.73. The van der Waals surface area contributed by atoms with Gasteiger partial charge in [0, 0.05) is 56.9 Å². The smallest absolute Gasteiger partial charge is 0.232 e. The Kier molecular flexibility index (Phi) is 7.18. The van der Waals surface area contributed by atoms with E-state index in [0.717, 1.165) is 18.4 Å². The molecule has 174 valence electrons. The van der Waals surface area contributed by atoms with Crippen molar-refractivity contribution in [2.45, 2.75) is 43.6 Å². The molecule has 1 aromatic carbocycles. The number of aromatic nitrogens is 3. The number of halogens is 2. The summed E-state index contributed by atoms with van der Waals surface area (Å²) in [6.07, 6.45) is 1.53. The molecule has 2 aliphatic heterocycles. The summed E-state index contributed by atoms with van der Waals surface area (Å²) in [7, 11) is 0. The van der Waals surface area contributed by atoms with E-state index < -0.39 is 0 Å². The first-order chi connectivity index (χ1) is 15.3. The predicted molar refractivity (Wildman–Crippen MR) is 129 cm³/mol. The van der Waals surface area contributed by atoms with Crippen LogP contribution >= 0.6 is 23.2 Å². The molecule has 9 N–H and O–H groups in total. The minimum Gasteiger partial charge on any atom is -0.350 e. The number of benzene rings is 1. The number of nitrogens with two attached hydrogens (primary N) is 4. The summed E-state index contributed by atoms with van der Waals surface area (Å²) in [5, 5.41) is 4.24. The summed E-state index contributed by atoms with van der Waals surface area (Å²) in [6, 6.07) is 5.32. The van der Waals surface area contributed by atoms with Crippen LogP contribution in [-0.4, -0.2) is 65.3 Å². The zero-order chi connectivity index (χ0) is 22.8. The van der Waals surface area contributed by atoms with Crippen LogP contribution < -0.4 is 38.1 Å². The summed E-state index contributed by atoms with van der Waals surface area (Å²) in [5.74, 6) is 1.46. The van der Waals surface area contributed by atoms with Gasteiger partial charge in [0.15, 0.2) is 0 Å². The molecule has 0 amide bonds. The maximum Gasteiger partial charge on any atom is 0.232 e. The number of nitrogens with zero attached hydrogens (tertiary/aromatic N) is 5. The molecule has 2 aliphatic rings. The van der Waals surface area contributed by atoms with Gasteiger partial charge in [-0.1, -0.05) is 35.3 Å². The van der Waals surface area contributed by atoms with Crippen molar-refractivity contribution in [3.05, 3.63) is 33.8 Å². The molecule has 0 unspecified atom stereocenters. The Labute approximate surface area is 197 Å². The average molecular weight is 481 g/mol. The number of rotatable bonds is 5. The van der Waals surface area contributed by atoms with Crippen molar-refractivity contribution in [2.24, 2.45) is 22.9 Å². The molecular formula is C20H30Cl2N10. The Morgan fingerprint density at radius 3 is 1.81 bits per heavy atom. The first kappa shape index (κ1) is 23.2. The largest absolute Gasteiger partial charge is 0.350 e. The number of anilines is 3. The van der Waals surface area contributed by atoms with E-state index in [0.29, 0.717) is 60.6 Å². The van der Waals surface area contributed by atoms with E-state index in [1.165, 1.54) is 0 Å². The third-order valence-electron chi connectivity index (χ3n) is 5.68. The number of hydrogen-bond donors (Lipinski definition) is 5. The van der Waals surface area contributed by atoms with E-state index in [-0.39, 0.29) is 24.2 Å². The Morgan fingerprint density at radius 2 is 1.31 bits per heavy atom. The van der Waals surface area contributed by atoms with E-state index in [1.54, 1.807) is 6.07 Å². The molecule has 0 bridgehead atoms. The lowest BCUT2D eigenvalue weighted by Crippen LogP contribution is -2.54. The molecule has 0 saturated carbocycles. The Morgan fingerprint density at radius 1 is 0.812 bits per heavy atom. The van der Waals surface area contributed by atoms with Crippen LogP contribution in [0.1, 0.15) is 18.4 Å². The third-order valence-corrected chi connectivity index (χ3v) is 6.53. The quantitative estimate of drug-likeness (QED) is 0.407. The van der Waals surface area contributed by atoms with Gasteiger partial charge < -0.3 is 38.1 Å². The molecule has 2 saturated heterocycles. The first-order valence-electron chi connectivity index (χ1n) is 10.7. The monoisotopic (exact) mass is 480 g/mol. The van der Waals surface area contributed by atoms with Crippen molar-refractivity contribution in [1.29, 1.82) is 0 Å². The lowest BCUT2D eigenvalue weighted by atomic mass is 10.0. The summed E-state index contributed by atoms with van der Waals surface area (Å²) < 4.78 is 0. The predicted octanol–water partition coefficient (Wildman–Crippen LogP) is 0.520. The maximum absolute atomic E-state index is 6.33. The molecule has 3 heterocycles. The van der Waals surface area contributed by atoms with Crippen molar-refractivity contribution in [3.63, 3.8) is 0 Å². The summed E-state index contributed by atoms with van der Waals surface area (Å²) in [4.78, 5) is 18.0. The molecule has 10 nitrogen and oxygen atoms in total. The van der Waals surface area contributed by atoms with Gasteiger partial charge in [-0.05, 0) is 24.5 Å². The van der Waals surface area contributed by atoms with Gasteiger partial charge in [-0.2, -0.15) is 15.0 Å². The fourth-order valence-electron chi connectivity index (χ4n) is 4.26. The fraction of sp³-hybridized carbons (Fsp3) is 0.550. The minimum absolute atomic E-state index is 0.0440. The van der Waals surface area contributed by atoms with Crippen LogP contribution in [0.3, 0.4) is 0 Å². The highest BCUT2D eigenvalue weighted by molar-refractivity contribution is 6.42. The van der Waals surface area contributed by atoms with E-state index in [1.807, 2.05) is 21.9 Å². The number of hydrogen-bond acceptors (Lipinski definition) is 10. The van der Waals surface area contributed by atoms with E-state index in [9.17, 15) is 0 Å². The molecule has 2 fully saturated rings. The zero-order valence-corrected chi connectivity index (χ0v) is 19.3. The summed E-state index contributed by atoms with van der Waals surface area (Å²) >= 11 is 12.5. The molecular weight excluding hydrogens is 451 g/mol. The second kappa shape index (κ2) is 9.90. The lowest BCUT2D eigenvalue weighted by Gasteiger charge is -2.37. The van der Waals surface area contributed by atoms with E-state index in [2.05, 4.69) is 15.3 Å². The van der Waals surface area contributed by atoms with Gasteiger partial charge in [-0.15, -0.1) is 0 Å². The zero-order valence-electron chi connectivity index (χ0n) is 17.8. The molecule has 1 aromatic heterocycles. The van der Waals surface area contributed by atoms with Crippen molar-refractivity contribution in [2.75, 3.05) is 41.3 Å². The molecule has 12 heteroatoms. The number of piperidine rings is 2. The SMILES string of the molecule is N[C@@H]1C[C@H](N)CN(c2nc(NCc3cccc(Cl)c3Cl)nc(N3C[C@H](N)C[C@H](N)C3)n2)C1. The Hall–Kier alpha value is -1.95. The summed E-state index contributed by atoms with van der Waals surface area (Å²) in [5.41, 5.74) is 25.6. The highest BCUT2D eigenvalue weighted by atomic mass is 35.5. The van der Waals surface area contributed by atoms with Gasteiger partial charge in [0.2, 0.25) is 17.8 Å². The standard InChI is InChI=1S/C20H30Cl2N10/c21-16-3-1-2-11(17(16)22)6-27-18-28-19(31-7-12(23)4-13(24)8-31)30-20(29-18)32-9-14(25)5-15(26)10-32/h1-3,12-15H,4-10,23-26H2,(H,27,28,29,30)/t12-,13+,14-,15+. The maximum atomic E-state index is 6.33. The van der Waals surface area contributed by atoms with Crippen molar-refractivity contribution >= 4 is 41.0 Å². The highest BCUT2D eigenvalue weighted by Crippen LogP contribution is 2.27. The second-order valence-corrected chi connectivity index (χ2v) is 9.43. The van der Waals surface area contributed by atoms with Crippen molar-refractivity contribution in [1.82, 2.24) is 15.0 Å². The second-order valence-electron chi connectivity index (χ2n) is 8.65. The molecule has 2 aromatic rings. The normalized spacial score (nSPS) is 26.3. The Balaban J connectivity index is 1.63. The lowest BCUT2D eigenvalue weighted by molar-refractivity contribution is 0.441. The molecule has 4 rings (SSSR count). The molecule has 0 spiro atoms. The first-order valence-corrected chi connectivity index (χ1v) is 11.5. The van der Waals surface area contributed by atoms with E-state index >= 15 is 0 Å². The molecule has 32 heavy (non-hydrogen) atoms. The van der Waals surface area contributed by atoms with Crippen LogP contribution in [0.25, 0.3) is 0 Å². The van der Waals surface area contributed by atoms with Crippen LogP contribution in [0.15, 0.2) is 18.2 Å². The van der Waals surface area contributed by atoms with Gasteiger partial charge in [0.1, 0.15) is 0 Å². The van der Waals surface area contributed by atoms with Gasteiger partial charge in [0.25, 0.3) is 0 Å². The van der Waals surface area contributed by atoms with Gasteiger partial charge >= 0.3 is 0 Å². The van der Waals surface area contributed by atoms with Crippen LogP contribution in [0.5, 0.6) is 0 Å². The van der Waals surface area contributed by atoms with Gasteiger partial charge in [-0.3, -0.25) is 0 Å². The van der Waals surface area contributed by atoms with Gasteiger partial charge in [-0.25, -0.2) is 0 Å². The molecule has 0 aliphatic carbocycles. The Bertz CT molecular complexity index is 880. The van der Waals surface area contributed by atoms with Crippen LogP contribution in [0.4, 0.5) is 17.8 Å². The molecule has 4 atom stereocenters. The fourth-order valence-corrected chi connectivity index (χ4v) is 4.65. The van der Waals surface area contributed by atoms with Crippen LogP contribution in [0.2, 0.25) is 10.0 Å². The van der Waals surface area contributed by atoms with Gasteiger partial charge in [0.05, 0.1) is 10.0 Å². The summed E-state index contributed by atoms with van der Waals surface area (Å²) in [6.45, 7) is 2.89.